The highest BCUT2D eigenvalue weighted by molar-refractivity contribution is 6.01. The second-order valence-electron chi connectivity index (χ2n) is 9.20. The largest absolute Gasteiger partial charge is 0.383 e. The number of carbonyl (C=O) groups excluding carboxylic acids is 2. The maximum Gasteiger partial charge on any atom is 0.242 e. The molecule has 2 atom stereocenters. The molecule has 0 radical (unpaired) electrons. The van der Waals surface area contributed by atoms with Gasteiger partial charge in [-0.15, -0.1) is 0 Å². The average Bonchev–Trinajstić information content (AvgIpc) is 3.20. The van der Waals surface area contributed by atoms with Crippen molar-refractivity contribution in [3.05, 3.63) is 30.5 Å². The molecule has 2 saturated heterocycles. The van der Waals surface area contributed by atoms with Crippen molar-refractivity contribution in [1.29, 1.82) is 0 Å². The van der Waals surface area contributed by atoms with Gasteiger partial charge in [-0.2, -0.15) is 0 Å². The summed E-state index contributed by atoms with van der Waals surface area (Å²) < 4.78 is 7.31. The number of fused-ring (bicyclic) bond motifs is 2. The Bertz CT molecular complexity index is 938. The topological polar surface area (TPSA) is 66.8 Å². The molecule has 1 N–H and O–H groups in total. The number of piperidine rings is 2. The van der Waals surface area contributed by atoms with Crippen molar-refractivity contribution < 1.29 is 14.3 Å². The summed E-state index contributed by atoms with van der Waals surface area (Å²) in [5.41, 5.74) is 1.73. The number of hydrogen-bond donors (Lipinski definition) is 1. The van der Waals surface area contributed by atoms with Crippen LogP contribution < -0.4 is 5.32 Å². The highest BCUT2D eigenvalue weighted by Gasteiger charge is 2.34. The summed E-state index contributed by atoms with van der Waals surface area (Å²) in [5.74, 6) is 0.561. The van der Waals surface area contributed by atoms with Gasteiger partial charge in [0, 0.05) is 44.7 Å². The molecule has 2 aromatic rings. The van der Waals surface area contributed by atoms with Crippen LogP contribution >= 0.6 is 0 Å². The zero-order valence-electron chi connectivity index (χ0n) is 19.4. The van der Waals surface area contributed by atoms with Crippen molar-refractivity contribution in [2.45, 2.75) is 51.6 Å². The minimum absolute atomic E-state index is 0.101. The van der Waals surface area contributed by atoms with Crippen LogP contribution in [0.5, 0.6) is 0 Å². The Kier molecular flexibility index (Phi) is 7.48. The number of ether oxygens (including phenoxy) is 1. The zero-order chi connectivity index (χ0) is 22.5. The van der Waals surface area contributed by atoms with Crippen LogP contribution in [0.3, 0.4) is 0 Å². The Balaban J connectivity index is 1.49. The first kappa shape index (κ1) is 22.8. The van der Waals surface area contributed by atoms with E-state index in [1.807, 2.05) is 39.9 Å². The normalized spacial score (nSPS) is 21.3. The molecule has 0 saturated carbocycles. The maximum atomic E-state index is 13.4. The third-order valence-corrected chi connectivity index (χ3v) is 7.03. The van der Waals surface area contributed by atoms with Crippen molar-refractivity contribution in [3.63, 3.8) is 0 Å². The number of anilines is 1. The molecule has 2 aliphatic heterocycles. The highest BCUT2D eigenvalue weighted by Crippen LogP contribution is 2.31. The SMILES string of the molecule is COCCN(CC1CCCN2CCCCC12)C(=O)Cn1ccc2c(NC(C)=O)cccc21. The molecule has 174 valence electrons. The van der Waals surface area contributed by atoms with Gasteiger partial charge in [-0.25, -0.2) is 0 Å². The summed E-state index contributed by atoms with van der Waals surface area (Å²) in [6.45, 7) is 6.18. The van der Waals surface area contributed by atoms with E-state index in [1.165, 1.54) is 52.1 Å². The fourth-order valence-electron chi connectivity index (χ4n) is 5.50. The van der Waals surface area contributed by atoms with Crippen LogP contribution in [-0.2, 0) is 20.9 Å². The van der Waals surface area contributed by atoms with Crippen LogP contribution in [0.25, 0.3) is 10.9 Å². The van der Waals surface area contributed by atoms with Crippen LogP contribution in [0.4, 0.5) is 5.69 Å². The van der Waals surface area contributed by atoms with Crippen LogP contribution in [-0.4, -0.2) is 72.1 Å². The summed E-state index contributed by atoms with van der Waals surface area (Å²) in [4.78, 5) is 29.6. The first-order valence-corrected chi connectivity index (χ1v) is 11.9. The van der Waals surface area contributed by atoms with Gasteiger partial charge < -0.3 is 24.4 Å². The van der Waals surface area contributed by atoms with Gasteiger partial charge >= 0.3 is 0 Å². The number of methoxy groups -OCH3 is 1. The van der Waals surface area contributed by atoms with E-state index in [0.717, 1.165) is 23.1 Å². The Labute approximate surface area is 190 Å². The lowest BCUT2D eigenvalue weighted by Gasteiger charge is -2.45. The van der Waals surface area contributed by atoms with E-state index in [2.05, 4.69) is 10.2 Å². The quantitative estimate of drug-likeness (QED) is 0.684. The second kappa shape index (κ2) is 10.5. The lowest BCUT2D eigenvalue weighted by atomic mass is 9.83. The number of rotatable bonds is 8. The first-order chi connectivity index (χ1) is 15.6. The zero-order valence-corrected chi connectivity index (χ0v) is 19.4. The summed E-state index contributed by atoms with van der Waals surface area (Å²) >= 11 is 0. The van der Waals surface area contributed by atoms with Gasteiger partial charge in [0.15, 0.2) is 0 Å². The van der Waals surface area contributed by atoms with E-state index >= 15 is 0 Å². The lowest BCUT2D eigenvalue weighted by Crippen LogP contribution is -2.52. The van der Waals surface area contributed by atoms with E-state index in [1.54, 1.807) is 7.11 Å². The monoisotopic (exact) mass is 440 g/mol. The van der Waals surface area contributed by atoms with Crippen LogP contribution in [0, 0.1) is 5.92 Å². The molecule has 4 rings (SSSR count). The van der Waals surface area contributed by atoms with Crippen molar-refractivity contribution in [2.75, 3.05) is 45.2 Å². The van der Waals surface area contributed by atoms with E-state index in [4.69, 9.17) is 4.74 Å². The van der Waals surface area contributed by atoms with Gasteiger partial charge in [0.1, 0.15) is 6.54 Å². The number of benzene rings is 1. The van der Waals surface area contributed by atoms with E-state index < -0.39 is 0 Å². The Morgan fingerprint density at radius 3 is 2.81 bits per heavy atom. The predicted molar refractivity (Wildman–Crippen MR) is 127 cm³/mol. The number of amides is 2. The first-order valence-electron chi connectivity index (χ1n) is 11.9. The molecule has 1 aromatic heterocycles. The molecule has 0 bridgehead atoms. The average molecular weight is 441 g/mol. The summed E-state index contributed by atoms with van der Waals surface area (Å²) in [5, 5.41) is 3.83. The molecule has 2 amide bonds. The van der Waals surface area contributed by atoms with Crippen molar-refractivity contribution in [3.8, 4) is 0 Å². The molecular formula is C25H36N4O3. The number of carbonyl (C=O) groups is 2. The summed E-state index contributed by atoms with van der Waals surface area (Å²) in [6.07, 6.45) is 8.22. The molecule has 0 spiro atoms. The molecule has 3 heterocycles. The number of aromatic nitrogens is 1. The third-order valence-electron chi connectivity index (χ3n) is 7.03. The second-order valence-corrected chi connectivity index (χ2v) is 9.20. The van der Waals surface area contributed by atoms with Crippen LogP contribution in [0.1, 0.15) is 39.0 Å². The van der Waals surface area contributed by atoms with Crippen molar-refractivity contribution >= 4 is 28.4 Å². The van der Waals surface area contributed by atoms with Gasteiger partial charge in [-0.05, 0) is 62.9 Å². The van der Waals surface area contributed by atoms with Gasteiger partial charge in [-0.3, -0.25) is 9.59 Å². The third kappa shape index (κ3) is 5.15. The maximum absolute atomic E-state index is 13.4. The fraction of sp³-hybridized carbons (Fsp3) is 0.600. The van der Waals surface area contributed by atoms with E-state index in [9.17, 15) is 9.59 Å². The molecule has 2 fully saturated rings. The van der Waals surface area contributed by atoms with Gasteiger partial charge in [0.05, 0.1) is 17.8 Å². The molecule has 0 aliphatic carbocycles. The lowest BCUT2D eigenvalue weighted by molar-refractivity contribution is -0.134. The van der Waals surface area contributed by atoms with Crippen LogP contribution in [0.15, 0.2) is 30.5 Å². The molecule has 2 aliphatic rings. The van der Waals surface area contributed by atoms with Gasteiger partial charge in [-0.1, -0.05) is 12.5 Å². The molecule has 7 nitrogen and oxygen atoms in total. The Morgan fingerprint density at radius 1 is 1.16 bits per heavy atom. The number of nitrogens with zero attached hydrogens (tertiary/aromatic N) is 3. The number of nitrogens with one attached hydrogen (secondary N) is 1. The minimum Gasteiger partial charge on any atom is -0.383 e. The molecule has 2 unspecified atom stereocenters. The number of hydrogen-bond acceptors (Lipinski definition) is 4. The molecule has 32 heavy (non-hydrogen) atoms. The standard InChI is InChI=1S/C25H36N4O3/c1-19(30)26-22-8-5-10-24-21(22)11-14-28(24)18-25(31)29(15-16-32-2)17-20-7-6-13-27-12-4-3-9-23(20)27/h5,8,10-11,14,20,23H,3-4,6-7,9,12-13,15-18H2,1-2H3,(H,26,30). The minimum atomic E-state index is -0.101. The van der Waals surface area contributed by atoms with E-state index in [0.29, 0.717) is 25.1 Å². The van der Waals surface area contributed by atoms with E-state index in [-0.39, 0.29) is 18.4 Å². The summed E-state index contributed by atoms with van der Waals surface area (Å²) in [7, 11) is 1.69. The van der Waals surface area contributed by atoms with Crippen molar-refractivity contribution in [2.24, 2.45) is 5.92 Å². The summed E-state index contributed by atoms with van der Waals surface area (Å²) in [6, 6.07) is 8.38. The Morgan fingerprint density at radius 2 is 2.00 bits per heavy atom. The molecular weight excluding hydrogens is 404 g/mol. The smallest absolute Gasteiger partial charge is 0.242 e. The van der Waals surface area contributed by atoms with Crippen molar-refractivity contribution in [1.82, 2.24) is 14.4 Å². The molecule has 1 aromatic carbocycles. The van der Waals surface area contributed by atoms with Gasteiger partial charge in [0.25, 0.3) is 0 Å². The molecule has 7 heteroatoms. The van der Waals surface area contributed by atoms with Crippen LogP contribution in [0.2, 0.25) is 0 Å². The fourth-order valence-corrected chi connectivity index (χ4v) is 5.50. The Hall–Kier alpha value is -2.38. The predicted octanol–water partition coefficient (Wildman–Crippen LogP) is 3.34. The highest BCUT2D eigenvalue weighted by atomic mass is 16.5. The van der Waals surface area contributed by atoms with Gasteiger partial charge in [0.2, 0.25) is 11.8 Å².